The van der Waals surface area contributed by atoms with Crippen LogP contribution >= 0.6 is 0 Å². The summed E-state index contributed by atoms with van der Waals surface area (Å²) >= 11 is 0. The zero-order valence-electron chi connectivity index (χ0n) is 40.7. The van der Waals surface area contributed by atoms with E-state index in [0.29, 0.717) is 19.3 Å². The molecule has 0 spiro atoms. The molecule has 1 atom stereocenters. The van der Waals surface area contributed by atoms with Crippen LogP contribution in [0.2, 0.25) is 0 Å². The van der Waals surface area contributed by atoms with Crippen LogP contribution in [0, 0.1) is 0 Å². The maximum atomic E-state index is 12.8. The highest BCUT2D eigenvalue weighted by Crippen LogP contribution is 2.16. The topological polar surface area (TPSA) is 78.9 Å². The van der Waals surface area contributed by atoms with Crippen molar-refractivity contribution in [2.24, 2.45) is 0 Å². The quantitative estimate of drug-likeness (QED) is 0.0262. The minimum Gasteiger partial charge on any atom is -0.462 e. The summed E-state index contributed by atoms with van der Waals surface area (Å²) in [7, 11) is 0. The third-order valence-corrected chi connectivity index (χ3v) is 11.7. The highest BCUT2D eigenvalue weighted by Gasteiger charge is 2.19. The minimum absolute atomic E-state index is 0.0743. The van der Waals surface area contributed by atoms with Crippen molar-refractivity contribution in [2.45, 2.75) is 284 Å². The monoisotopic (exact) mass is 857 g/mol. The number of carbonyl (C=O) groups excluding carboxylic acids is 3. The van der Waals surface area contributed by atoms with Crippen LogP contribution in [0.25, 0.3) is 0 Å². The molecule has 0 saturated heterocycles. The molecule has 0 saturated carbocycles. The molecule has 0 aliphatic heterocycles. The van der Waals surface area contributed by atoms with Crippen molar-refractivity contribution < 1.29 is 28.6 Å². The van der Waals surface area contributed by atoms with Crippen LogP contribution in [0.1, 0.15) is 278 Å². The molecule has 0 aromatic heterocycles. The van der Waals surface area contributed by atoms with Gasteiger partial charge in [-0.25, -0.2) is 0 Å². The molecule has 0 amide bonds. The average molecular weight is 857 g/mol. The van der Waals surface area contributed by atoms with E-state index in [1.165, 1.54) is 154 Å². The zero-order valence-corrected chi connectivity index (χ0v) is 40.7. The molecule has 0 fully saturated rings. The van der Waals surface area contributed by atoms with Gasteiger partial charge in [0.1, 0.15) is 13.2 Å². The van der Waals surface area contributed by atoms with E-state index in [-0.39, 0.29) is 31.1 Å². The lowest BCUT2D eigenvalue weighted by Gasteiger charge is -2.18. The van der Waals surface area contributed by atoms with Crippen molar-refractivity contribution in [1.82, 2.24) is 0 Å². The van der Waals surface area contributed by atoms with Crippen molar-refractivity contribution >= 4 is 17.9 Å². The molecule has 0 rings (SSSR count). The van der Waals surface area contributed by atoms with Gasteiger partial charge in [0.05, 0.1) is 0 Å². The summed E-state index contributed by atoms with van der Waals surface area (Å²) in [4.78, 5) is 38.0. The van der Waals surface area contributed by atoms with Gasteiger partial charge in [-0.2, -0.15) is 0 Å². The molecule has 6 heteroatoms. The average Bonchev–Trinajstić information content (AvgIpc) is 3.26. The third-order valence-electron chi connectivity index (χ3n) is 11.7. The maximum Gasteiger partial charge on any atom is 0.306 e. The fourth-order valence-electron chi connectivity index (χ4n) is 7.74. The van der Waals surface area contributed by atoms with Gasteiger partial charge in [-0.05, 0) is 38.5 Å². The number of hydrogen-bond donors (Lipinski definition) is 0. The molecule has 356 valence electrons. The van der Waals surface area contributed by atoms with Crippen molar-refractivity contribution in [3.63, 3.8) is 0 Å². The second kappa shape index (κ2) is 50.3. The standard InChI is InChI=1S/C55H100O6/c1-4-7-10-13-16-19-22-25-27-28-31-33-36-39-42-45-48-54(57)60-51-52(50-59-53(56)47-44-41-38-35-32-29-24-21-18-15-12-9-6-3)61-55(58)49-46-43-40-37-34-30-26-23-20-17-14-11-8-5-2/h9,12,15,18,21,24,52H,4-8,10-11,13-14,16-17,19-20,22-23,25-51H2,1-3H3/b12-9-,18-15-,24-21-. The molecule has 61 heavy (non-hydrogen) atoms. The lowest BCUT2D eigenvalue weighted by Crippen LogP contribution is -2.30. The lowest BCUT2D eigenvalue weighted by molar-refractivity contribution is -0.167. The largest absolute Gasteiger partial charge is 0.462 e. The maximum absolute atomic E-state index is 12.8. The SMILES string of the molecule is CC\C=C/C=C\C=C/CCCCCCCC(=O)OCC(COC(=O)CCCCCCCCCCCCCCCCCC)OC(=O)CCCCCCCCCCCCCCCC. The minimum atomic E-state index is -0.775. The summed E-state index contributed by atoms with van der Waals surface area (Å²) in [6, 6.07) is 0. The molecule has 0 aliphatic carbocycles. The molecule has 0 aromatic rings. The van der Waals surface area contributed by atoms with Crippen LogP contribution in [0.3, 0.4) is 0 Å². The fourth-order valence-corrected chi connectivity index (χ4v) is 7.74. The molecule has 0 bridgehead atoms. The van der Waals surface area contributed by atoms with Gasteiger partial charge in [-0.1, -0.05) is 256 Å². The van der Waals surface area contributed by atoms with E-state index in [4.69, 9.17) is 14.2 Å². The predicted octanol–water partition coefficient (Wildman–Crippen LogP) is 17.3. The summed E-state index contributed by atoms with van der Waals surface area (Å²) < 4.78 is 16.8. The molecular weight excluding hydrogens is 757 g/mol. The summed E-state index contributed by atoms with van der Waals surface area (Å²) in [6.45, 7) is 6.52. The Morgan fingerprint density at radius 3 is 0.984 bits per heavy atom. The predicted molar refractivity (Wildman–Crippen MR) is 261 cm³/mol. The lowest BCUT2D eigenvalue weighted by atomic mass is 10.0. The van der Waals surface area contributed by atoms with Gasteiger partial charge in [0, 0.05) is 19.3 Å². The summed E-state index contributed by atoms with van der Waals surface area (Å²) in [6.07, 6.45) is 58.4. The van der Waals surface area contributed by atoms with Crippen LogP contribution in [-0.4, -0.2) is 37.2 Å². The first-order valence-corrected chi connectivity index (χ1v) is 26.5. The van der Waals surface area contributed by atoms with Crippen molar-refractivity contribution in [3.05, 3.63) is 36.5 Å². The zero-order chi connectivity index (χ0) is 44.4. The summed E-state index contributed by atoms with van der Waals surface area (Å²) in [5.41, 5.74) is 0. The number of allylic oxidation sites excluding steroid dienone is 6. The Morgan fingerprint density at radius 2 is 0.639 bits per heavy atom. The van der Waals surface area contributed by atoms with Crippen molar-refractivity contribution in [3.8, 4) is 0 Å². The highest BCUT2D eigenvalue weighted by molar-refractivity contribution is 5.71. The van der Waals surface area contributed by atoms with Crippen molar-refractivity contribution in [2.75, 3.05) is 13.2 Å². The Bertz CT molecular complexity index is 1030. The molecule has 0 radical (unpaired) electrons. The number of esters is 3. The van der Waals surface area contributed by atoms with Gasteiger partial charge in [0.15, 0.2) is 6.10 Å². The van der Waals surface area contributed by atoms with Gasteiger partial charge >= 0.3 is 17.9 Å². The number of hydrogen-bond acceptors (Lipinski definition) is 6. The molecule has 1 unspecified atom stereocenters. The molecule has 0 aliphatic rings. The Morgan fingerprint density at radius 1 is 0.344 bits per heavy atom. The first-order valence-electron chi connectivity index (χ1n) is 26.5. The van der Waals surface area contributed by atoms with E-state index in [9.17, 15) is 14.4 Å². The third kappa shape index (κ3) is 48.5. The summed E-state index contributed by atoms with van der Waals surface area (Å²) in [5.74, 6) is -0.881. The van der Waals surface area contributed by atoms with Crippen LogP contribution in [-0.2, 0) is 28.6 Å². The van der Waals surface area contributed by atoms with Crippen LogP contribution in [0.5, 0.6) is 0 Å². The Hall–Kier alpha value is -2.37. The smallest absolute Gasteiger partial charge is 0.306 e. The molecule has 0 N–H and O–H groups in total. The van der Waals surface area contributed by atoms with Crippen molar-refractivity contribution in [1.29, 1.82) is 0 Å². The number of rotatable bonds is 48. The van der Waals surface area contributed by atoms with E-state index in [1.807, 2.05) is 0 Å². The van der Waals surface area contributed by atoms with Gasteiger partial charge < -0.3 is 14.2 Å². The molecule has 0 heterocycles. The van der Waals surface area contributed by atoms with Crippen LogP contribution in [0.15, 0.2) is 36.5 Å². The van der Waals surface area contributed by atoms with E-state index in [2.05, 4.69) is 57.2 Å². The van der Waals surface area contributed by atoms with E-state index >= 15 is 0 Å². The van der Waals surface area contributed by atoms with Gasteiger partial charge in [0.2, 0.25) is 0 Å². The number of unbranched alkanes of at least 4 members (excludes halogenated alkanes) is 33. The van der Waals surface area contributed by atoms with Crippen LogP contribution < -0.4 is 0 Å². The number of carbonyl (C=O) groups is 3. The normalized spacial score (nSPS) is 12.2. The van der Waals surface area contributed by atoms with Gasteiger partial charge in [-0.15, -0.1) is 0 Å². The Kier molecular flexibility index (Phi) is 48.3. The Balaban J connectivity index is 4.35. The highest BCUT2D eigenvalue weighted by atomic mass is 16.6. The van der Waals surface area contributed by atoms with Gasteiger partial charge in [-0.3, -0.25) is 14.4 Å². The second-order valence-electron chi connectivity index (χ2n) is 17.8. The number of ether oxygens (including phenoxy) is 3. The molecule has 6 nitrogen and oxygen atoms in total. The van der Waals surface area contributed by atoms with E-state index < -0.39 is 6.10 Å². The van der Waals surface area contributed by atoms with E-state index in [0.717, 1.165) is 83.5 Å². The van der Waals surface area contributed by atoms with E-state index in [1.54, 1.807) is 0 Å². The second-order valence-corrected chi connectivity index (χ2v) is 17.8. The molecule has 0 aromatic carbocycles. The first kappa shape index (κ1) is 58.6. The first-order chi connectivity index (χ1) is 30.0. The fraction of sp³-hybridized carbons (Fsp3) is 0.836. The van der Waals surface area contributed by atoms with Crippen LogP contribution in [0.4, 0.5) is 0 Å². The van der Waals surface area contributed by atoms with Gasteiger partial charge in [0.25, 0.3) is 0 Å². The Labute approximate surface area is 378 Å². The molecular formula is C55H100O6. The summed E-state index contributed by atoms with van der Waals surface area (Å²) in [5, 5.41) is 0.